The van der Waals surface area contributed by atoms with Gasteiger partial charge in [-0.3, -0.25) is 19.3 Å². The molecular formula is C21H24N2O3. The van der Waals surface area contributed by atoms with Crippen molar-refractivity contribution in [2.45, 2.75) is 52.2 Å². The maximum atomic E-state index is 13.2. The van der Waals surface area contributed by atoms with E-state index >= 15 is 0 Å². The number of imide groups is 1. The van der Waals surface area contributed by atoms with Crippen molar-refractivity contribution >= 4 is 29.4 Å². The molecule has 3 heterocycles. The van der Waals surface area contributed by atoms with Crippen molar-refractivity contribution < 1.29 is 14.4 Å². The van der Waals surface area contributed by atoms with E-state index in [1.165, 1.54) is 11.8 Å². The standard InChI is InChI=1S/C21H24N2O3/c1-11-6-8-14-13(10-11)7-9-15-16-17(18(12(2)24)22(14)15)20(26)23(19(16)25)21(3,4)5/h6-10,15-18H,1-5H3/t15-,16+,17-,18-/m1/s1. The summed E-state index contributed by atoms with van der Waals surface area (Å²) in [6, 6.07) is 5.21. The molecule has 2 amide bonds. The molecule has 3 aliphatic heterocycles. The zero-order valence-electron chi connectivity index (χ0n) is 15.8. The van der Waals surface area contributed by atoms with Gasteiger partial charge in [0.2, 0.25) is 11.8 Å². The quantitative estimate of drug-likeness (QED) is 0.729. The molecule has 4 rings (SSSR count). The summed E-state index contributed by atoms with van der Waals surface area (Å²) in [5.74, 6) is -1.56. The number of nitrogens with zero attached hydrogens (tertiary/aromatic N) is 2. The average molecular weight is 352 g/mol. The van der Waals surface area contributed by atoms with Crippen molar-refractivity contribution in [3.05, 3.63) is 35.4 Å². The fourth-order valence-corrected chi connectivity index (χ4v) is 4.81. The summed E-state index contributed by atoms with van der Waals surface area (Å²) in [7, 11) is 0. The Morgan fingerprint density at radius 2 is 1.73 bits per heavy atom. The van der Waals surface area contributed by atoms with Gasteiger partial charge in [0.15, 0.2) is 5.78 Å². The summed E-state index contributed by atoms with van der Waals surface area (Å²) >= 11 is 0. The number of benzene rings is 1. The van der Waals surface area contributed by atoms with Crippen LogP contribution >= 0.6 is 0 Å². The average Bonchev–Trinajstić information content (AvgIpc) is 3.00. The van der Waals surface area contributed by atoms with Gasteiger partial charge in [-0.25, -0.2) is 0 Å². The molecule has 0 saturated carbocycles. The number of aryl methyl sites for hydroxylation is 1. The number of hydrogen-bond donors (Lipinski definition) is 0. The molecule has 0 spiro atoms. The van der Waals surface area contributed by atoms with Crippen LogP contribution in [-0.4, -0.2) is 40.1 Å². The summed E-state index contributed by atoms with van der Waals surface area (Å²) in [6.07, 6.45) is 4.00. The summed E-state index contributed by atoms with van der Waals surface area (Å²) < 4.78 is 0. The number of amides is 2. The van der Waals surface area contributed by atoms with Crippen LogP contribution in [0.25, 0.3) is 6.08 Å². The van der Waals surface area contributed by atoms with Gasteiger partial charge in [0.25, 0.3) is 0 Å². The Kier molecular flexibility index (Phi) is 3.46. The number of Topliss-reactive ketones (excluding diaryl/α,β-unsaturated/α-hetero) is 1. The van der Waals surface area contributed by atoms with Gasteiger partial charge in [0, 0.05) is 11.2 Å². The molecule has 0 unspecified atom stereocenters. The van der Waals surface area contributed by atoms with Gasteiger partial charge in [-0.2, -0.15) is 0 Å². The third-order valence-corrected chi connectivity index (χ3v) is 5.75. The van der Waals surface area contributed by atoms with Gasteiger partial charge in [-0.1, -0.05) is 23.8 Å². The predicted octanol–water partition coefficient (Wildman–Crippen LogP) is 2.57. The van der Waals surface area contributed by atoms with Crippen LogP contribution < -0.4 is 4.90 Å². The first-order valence-corrected chi connectivity index (χ1v) is 9.08. The summed E-state index contributed by atoms with van der Waals surface area (Å²) in [4.78, 5) is 42.3. The van der Waals surface area contributed by atoms with E-state index in [-0.39, 0.29) is 23.6 Å². The third-order valence-electron chi connectivity index (χ3n) is 5.75. The molecule has 0 radical (unpaired) electrons. The normalized spacial score (nSPS) is 29.7. The van der Waals surface area contributed by atoms with Gasteiger partial charge in [-0.15, -0.1) is 0 Å². The van der Waals surface area contributed by atoms with Crippen LogP contribution in [0.3, 0.4) is 0 Å². The predicted molar refractivity (Wildman–Crippen MR) is 99.5 cm³/mol. The Morgan fingerprint density at radius 1 is 1.08 bits per heavy atom. The van der Waals surface area contributed by atoms with E-state index in [4.69, 9.17) is 0 Å². The van der Waals surface area contributed by atoms with E-state index in [1.807, 2.05) is 56.9 Å². The molecule has 1 aromatic rings. The lowest BCUT2D eigenvalue weighted by molar-refractivity contribution is -0.146. The number of hydrogen-bond acceptors (Lipinski definition) is 4. The Balaban J connectivity index is 1.86. The second-order valence-corrected chi connectivity index (χ2v) is 8.61. The topological polar surface area (TPSA) is 57.7 Å². The highest BCUT2D eigenvalue weighted by atomic mass is 16.2. The highest BCUT2D eigenvalue weighted by molar-refractivity contribution is 6.11. The summed E-state index contributed by atoms with van der Waals surface area (Å²) in [5.41, 5.74) is 2.51. The number of rotatable bonds is 1. The minimum atomic E-state index is -0.610. The van der Waals surface area contributed by atoms with Crippen molar-refractivity contribution in [1.82, 2.24) is 4.90 Å². The first kappa shape index (κ1) is 17.0. The van der Waals surface area contributed by atoms with E-state index in [2.05, 4.69) is 6.07 Å². The van der Waals surface area contributed by atoms with Crippen LogP contribution in [0.4, 0.5) is 5.69 Å². The first-order valence-electron chi connectivity index (χ1n) is 9.08. The third kappa shape index (κ3) is 2.12. The first-order chi connectivity index (χ1) is 12.1. The Bertz CT molecular complexity index is 864. The minimum Gasteiger partial charge on any atom is -0.353 e. The van der Waals surface area contributed by atoms with Crippen LogP contribution in [0.15, 0.2) is 24.3 Å². The van der Waals surface area contributed by atoms with Gasteiger partial charge >= 0.3 is 0 Å². The molecule has 0 aromatic heterocycles. The van der Waals surface area contributed by atoms with Gasteiger partial charge in [0.1, 0.15) is 6.04 Å². The van der Waals surface area contributed by atoms with E-state index in [9.17, 15) is 14.4 Å². The van der Waals surface area contributed by atoms with Crippen LogP contribution in [-0.2, 0) is 14.4 Å². The van der Waals surface area contributed by atoms with Crippen LogP contribution in [0, 0.1) is 18.8 Å². The highest BCUT2D eigenvalue weighted by Crippen LogP contribution is 2.49. The molecular weight excluding hydrogens is 328 g/mol. The molecule has 3 aliphatic rings. The van der Waals surface area contributed by atoms with E-state index in [1.54, 1.807) is 0 Å². The van der Waals surface area contributed by atoms with Crippen molar-refractivity contribution in [3.63, 3.8) is 0 Å². The molecule has 2 fully saturated rings. The van der Waals surface area contributed by atoms with Crippen LogP contribution in [0.5, 0.6) is 0 Å². The lowest BCUT2D eigenvalue weighted by atomic mass is 9.88. The smallest absolute Gasteiger partial charge is 0.236 e. The molecule has 1 aromatic carbocycles. The number of ketones is 1. The molecule has 2 saturated heterocycles. The van der Waals surface area contributed by atoms with Crippen LogP contribution in [0.2, 0.25) is 0 Å². The Labute approximate surface area is 153 Å². The number of carbonyl (C=O) groups excluding carboxylic acids is 3. The lowest BCUT2D eigenvalue weighted by Crippen LogP contribution is -2.52. The monoisotopic (exact) mass is 352 g/mol. The SMILES string of the molecule is CC(=O)[C@@H]1[C@@H]2C(=O)N(C(C)(C)C)C(=O)[C@H]2[C@H]2C=Cc3cc(C)ccc3N21. The lowest BCUT2D eigenvalue weighted by Gasteiger charge is -2.38. The number of carbonyl (C=O) groups is 3. The molecule has 26 heavy (non-hydrogen) atoms. The zero-order valence-corrected chi connectivity index (χ0v) is 15.8. The zero-order chi connectivity index (χ0) is 19.0. The molecule has 5 nitrogen and oxygen atoms in total. The van der Waals surface area contributed by atoms with Crippen molar-refractivity contribution in [2.75, 3.05) is 4.90 Å². The summed E-state index contributed by atoms with van der Waals surface area (Å²) in [5, 5.41) is 0. The van der Waals surface area contributed by atoms with Crippen LogP contribution in [0.1, 0.15) is 38.8 Å². The highest BCUT2D eigenvalue weighted by Gasteiger charge is 2.64. The van der Waals surface area contributed by atoms with Gasteiger partial charge in [-0.05, 0) is 52.3 Å². The Morgan fingerprint density at radius 3 is 2.35 bits per heavy atom. The van der Waals surface area contributed by atoms with Crippen molar-refractivity contribution in [1.29, 1.82) is 0 Å². The number of anilines is 1. The molecule has 0 N–H and O–H groups in total. The second-order valence-electron chi connectivity index (χ2n) is 8.61. The van der Waals surface area contributed by atoms with Gasteiger partial charge < -0.3 is 4.90 Å². The van der Waals surface area contributed by atoms with Gasteiger partial charge in [0.05, 0.1) is 17.9 Å². The molecule has 5 heteroatoms. The maximum Gasteiger partial charge on any atom is 0.236 e. The number of fused-ring (bicyclic) bond motifs is 5. The van der Waals surface area contributed by atoms with E-state index < -0.39 is 23.4 Å². The van der Waals surface area contributed by atoms with E-state index in [0.29, 0.717) is 0 Å². The van der Waals surface area contributed by atoms with Crippen molar-refractivity contribution in [3.8, 4) is 0 Å². The molecule has 136 valence electrons. The maximum absolute atomic E-state index is 13.2. The van der Waals surface area contributed by atoms with Crippen molar-refractivity contribution in [2.24, 2.45) is 11.8 Å². The molecule has 4 atom stereocenters. The van der Waals surface area contributed by atoms with E-state index in [0.717, 1.165) is 16.8 Å². The minimum absolute atomic E-state index is 0.0683. The number of likely N-dealkylation sites (tertiary alicyclic amines) is 1. The molecule has 0 bridgehead atoms. The molecule has 0 aliphatic carbocycles. The largest absolute Gasteiger partial charge is 0.353 e. The summed E-state index contributed by atoms with van der Waals surface area (Å²) in [6.45, 7) is 9.13. The Hall–Kier alpha value is -2.43. The fraction of sp³-hybridized carbons (Fsp3) is 0.476. The fourth-order valence-electron chi connectivity index (χ4n) is 4.81. The second kappa shape index (κ2) is 5.29.